The zero-order chi connectivity index (χ0) is 17.6. The van der Waals surface area contributed by atoms with Crippen molar-refractivity contribution < 1.29 is 23.1 Å². The van der Waals surface area contributed by atoms with Gasteiger partial charge in [0.05, 0.1) is 17.1 Å². The van der Waals surface area contributed by atoms with E-state index >= 15 is 0 Å². The summed E-state index contributed by atoms with van der Waals surface area (Å²) in [5.41, 5.74) is 0.254. The lowest BCUT2D eigenvalue weighted by molar-refractivity contribution is 0.0697. The number of sulfonamides is 1. The van der Waals surface area contributed by atoms with E-state index in [0.29, 0.717) is 18.7 Å². The third-order valence-corrected chi connectivity index (χ3v) is 4.91. The highest BCUT2D eigenvalue weighted by Crippen LogP contribution is 2.22. The molecule has 2 atom stereocenters. The zero-order valence-corrected chi connectivity index (χ0v) is 14.6. The van der Waals surface area contributed by atoms with E-state index in [1.54, 1.807) is 14.0 Å². The topological polar surface area (TPSA) is 105 Å². The minimum atomic E-state index is -3.75. The molecule has 0 aliphatic rings. The van der Waals surface area contributed by atoms with Gasteiger partial charge in [0.2, 0.25) is 10.0 Å². The van der Waals surface area contributed by atoms with Crippen molar-refractivity contribution in [1.82, 2.24) is 4.72 Å². The maximum Gasteiger partial charge on any atom is 0.337 e. The molecule has 3 N–H and O–H groups in total. The molecule has 8 heteroatoms. The fraction of sp³-hybridized carbons (Fsp3) is 0.533. The number of hydrogen-bond donors (Lipinski definition) is 3. The van der Waals surface area contributed by atoms with Gasteiger partial charge in [0.15, 0.2) is 0 Å². The van der Waals surface area contributed by atoms with E-state index in [1.807, 2.05) is 13.8 Å². The average molecular weight is 344 g/mol. The Labute approximate surface area is 137 Å². The highest BCUT2D eigenvalue weighted by molar-refractivity contribution is 7.89. The van der Waals surface area contributed by atoms with E-state index < -0.39 is 16.0 Å². The Kier molecular flexibility index (Phi) is 6.99. The van der Waals surface area contributed by atoms with E-state index in [1.165, 1.54) is 12.1 Å². The standard InChI is InChI=1S/C15H24N2O5S/c1-5-10(2)17-23(20,21)12-6-7-14(13(8-12)15(18)19)16-11(3)9-22-4/h6-8,10-11,16-17H,5,9H2,1-4H3,(H,18,19)/t10-,11+/m0/s1. The van der Waals surface area contributed by atoms with Gasteiger partial charge < -0.3 is 15.2 Å². The second-order valence-electron chi connectivity index (χ2n) is 5.44. The highest BCUT2D eigenvalue weighted by atomic mass is 32.2. The monoisotopic (exact) mass is 344 g/mol. The quantitative estimate of drug-likeness (QED) is 0.632. The molecule has 0 fully saturated rings. The normalized spacial score (nSPS) is 14.3. The maximum absolute atomic E-state index is 12.3. The summed E-state index contributed by atoms with van der Waals surface area (Å²) in [4.78, 5) is 11.4. The number of rotatable bonds is 9. The van der Waals surface area contributed by atoms with Crippen LogP contribution in [0.3, 0.4) is 0 Å². The number of carboxylic acids is 1. The Hall–Kier alpha value is -1.64. The van der Waals surface area contributed by atoms with Crippen molar-refractivity contribution in [2.45, 2.75) is 44.2 Å². The van der Waals surface area contributed by atoms with Crippen LogP contribution in [0.1, 0.15) is 37.6 Å². The molecule has 0 saturated carbocycles. The first-order valence-electron chi connectivity index (χ1n) is 7.36. The van der Waals surface area contributed by atoms with Gasteiger partial charge in [-0.15, -0.1) is 0 Å². The highest BCUT2D eigenvalue weighted by Gasteiger charge is 2.21. The number of benzene rings is 1. The van der Waals surface area contributed by atoms with Crippen LogP contribution in [0.4, 0.5) is 5.69 Å². The molecular weight excluding hydrogens is 320 g/mol. The van der Waals surface area contributed by atoms with Crippen LogP contribution in [0.5, 0.6) is 0 Å². The summed E-state index contributed by atoms with van der Waals surface area (Å²) in [7, 11) is -2.20. The van der Waals surface area contributed by atoms with Crippen molar-refractivity contribution in [3.05, 3.63) is 23.8 Å². The number of anilines is 1. The molecule has 23 heavy (non-hydrogen) atoms. The second-order valence-corrected chi connectivity index (χ2v) is 7.16. The van der Waals surface area contributed by atoms with Crippen LogP contribution in [0.25, 0.3) is 0 Å². The van der Waals surface area contributed by atoms with Crippen molar-refractivity contribution in [1.29, 1.82) is 0 Å². The summed E-state index contributed by atoms with van der Waals surface area (Å²) in [6.07, 6.45) is 0.638. The number of hydrogen-bond acceptors (Lipinski definition) is 5. The van der Waals surface area contributed by atoms with Crippen LogP contribution >= 0.6 is 0 Å². The van der Waals surface area contributed by atoms with Crippen LogP contribution in [-0.2, 0) is 14.8 Å². The summed E-state index contributed by atoms with van der Waals surface area (Å²) in [5, 5.41) is 12.3. The van der Waals surface area contributed by atoms with E-state index in [-0.39, 0.29) is 22.5 Å². The third kappa shape index (κ3) is 5.49. The molecule has 0 radical (unpaired) electrons. The van der Waals surface area contributed by atoms with Crippen molar-refractivity contribution in [3.63, 3.8) is 0 Å². The predicted octanol–water partition coefficient (Wildman–Crippen LogP) is 1.91. The number of carbonyl (C=O) groups is 1. The van der Waals surface area contributed by atoms with Crippen molar-refractivity contribution >= 4 is 21.7 Å². The summed E-state index contributed by atoms with van der Waals surface area (Å²) in [6, 6.07) is 3.67. The summed E-state index contributed by atoms with van der Waals surface area (Å²) in [5.74, 6) is -1.20. The molecule has 0 aromatic heterocycles. The van der Waals surface area contributed by atoms with Gasteiger partial charge >= 0.3 is 5.97 Å². The van der Waals surface area contributed by atoms with Crippen molar-refractivity contribution in [2.75, 3.05) is 19.0 Å². The van der Waals surface area contributed by atoms with E-state index in [4.69, 9.17) is 4.74 Å². The Morgan fingerprint density at radius 2 is 1.96 bits per heavy atom. The smallest absolute Gasteiger partial charge is 0.337 e. The van der Waals surface area contributed by atoms with Crippen LogP contribution in [0.2, 0.25) is 0 Å². The summed E-state index contributed by atoms with van der Waals surface area (Å²) in [6.45, 7) is 5.84. The van der Waals surface area contributed by atoms with Gasteiger partial charge in [0.1, 0.15) is 0 Å². The lowest BCUT2D eigenvalue weighted by Crippen LogP contribution is -2.32. The number of methoxy groups -OCH3 is 1. The van der Waals surface area contributed by atoms with Crippen molar-refractivity contribution in [2.24, 2.45) is 0 Å². The molecule has 1 aromatic rings. The largest absolute Gasteiger partial charge is 0.478 e. The molecule has 7 nitrogen and oxygen atoms in total. The third-order valence-electron chi connectivity index (χ3n) is 3.32. The number of aromatic carboxylic acids is 1. The lowest BCUT2D eigenvalue weighted by atomic mass is 10.1. The first-order chi connectivity index (χ1) is 10.7. The Bertz CT molecular complexity index is 645. The minimum Gasteiger partial charge on any atom is -0.478 e. The summed E-state index contributed by atoms with van der Waals surface area (Å²) >= 11 is 0. The van der Waals surface area contributed by atoms with Crippen LogP contribution < -0.4 is 10.0 Å². The fourth-order valence-electron chi connectivity index (χ4n) is 1.97. The van der Waals surface area contributed by atoms with Gasteiger partial charge in [0.25, 0.3) is 0 Å². The maximum atomic E-state index is 12.3. The molecule has 130 valence electrons. The van der Waals surface area contributed by atoms with Gasteiger partial charge in [0, 0.05) is 24.9 Å². The minimum absolute atomic E-state index is 0.0693. The van der Waals surface area contributed by atoms with Crippen molar-refractivity contribution in [3.8, 4) is 0 Å². The molecule has 0 spiro atoms. The van der Waals surface area contributed by atoms with Crippen LogP contribution in [0, 0.1) is 0 Å². The molecule has 0 aliphatic heterocycles. The molecule has 1 aromatic carbocycles. The van der Waals surface area contributed by atoms with Gasteiger partial charge in [-0.2, -0.15) is 0 Å². The fourth-order valence-corrected chi connectivity index (χ4v) is 3.32. The van der Waals surface area contributed by atoms with Gasteiger partial charge in [-0.05, 0) is 38.5 Å². The Morgan fingerprint density at radius 3 is 2.48 bits per heavy atom. The lowest BCUT2D eigenvalue weighted by Gasteiger charge is -2.17. The number of nitrogens with one attached hydrogen (secondary N) is 2. The first kappa shape index (κ1) is 19.4. The molecule has 0 heterocycles. The molecule has 1 rings (SSSR count). The molecular formula is C15H24N2O5S. The SMILES string of the molecule is CC[C@H](C)NS(=O)(=O)c1ccc(N[C@H](C)COC)c(C(=O)O)c1. The Morgan fingerprint density at radius 1 is 1.30 bits per heavy atom. The molecule has 0 aliphatic carbocycles. The molecule has 0 saturated heterocycles. The average Bonchev–Trinajstić information content (AvgIpc) is 2.46. The Balaban J connectivity index is 3.15. The van der Waals surface area contributed by atoms with E-state index in [0.717, 1.165) is 6.07 Å². The van der Waals surface area contributed by atoms with Gasteiger partial charge in [-0.25, -0.2) is 17.9 Å². The van der Waals surface area contributed by atoms with E-state index in [2.05, 4.69) is 10.0 Å². The van der Waals surface area contributed by atoms with Crippen LogP contribution in [-0.4, -0.2) is 45.3 Å². The van der Waals surface area contributed by atoms with E-state index in [9.17, 15) is 18.3 Å². The zero-order valence-electron chi connectivity index (χ0n) is 13.8. The first-order valence-corrected chi connectivity index (χ1v) is 8.84. The van der Waals surface area contributed by atoms with Gasteiger partial charge in [-0.3, -0.25) is 0 Å². The number of carboxylic acid groups (broad SMARTS) is 1. The summed E-state index contributed by atoms with van der Waals surface area (Å²) < 4.78 is 32.0. The molecule has 0 amide bonds. The molecule has 0 bridgehead atoms. The molecule has 0 unspecified atom stereocenters. The van der Waals surface area contributed by atoms with Gasteiger partial charge in [-0.1, -0.05) is 6.92 Å². The number of ether oxygens (including phenoxy) is 1. The predicted molar refractivity (Wildman–Crippen MR) is 88.4 cm³/mol. The van der Waals surface area contributed by atoms with Crippen LogP contribution in [0.15, 0.2) is 23.1 Å². The second kappa shape index (κ2) is 8.28.